The molecule has 1 amide bonds. The van der Waals surface area contributed by atoms with Gasteiger partial charge in [0.15, 0.2) is 0 Å². The van der Waals surface area contributed by atoms with Gasteiger partial charge in [0.1, 0.15) is 6.04 Å². The lowest BCUT2D eigenvalue weighted by Crippen LogP contribution is -2.33. The van der Waals surface area contributed by atoms with Crippen molar-refractivity contribution in [2.45, 2.75) is 12.5 Å². The monoisotopic (exact) mass is 320 g/mol. The Morgan fingerprint density at radius 1 is 1.48 bits per heavy atom. The number of nitro benzene ring substituents is 1. The number of aliphatic hydroxyl groups is 1. The summed E-state index contributed by atoms with van der Waals surface area (Å²) in [5.74, 6) is -0.0514. The van der Waals surface area contributed by atoms with Gasteiger partial charge in [0.05, 0.1) is 22.9 Å². The minimum atomic E-state index is -0.485. The van der Waals surface area contributed by atoms with Crippen LogP contribution in [-0.4, -0.2) is 53.1 Å². The van der Waals surface area contributed by atoms with Gasteiger partial charge in [0.25, 0.3) is 5.69 Å². The SMILES string of the molecule is C=CCN1CCC(Nc2cc([N+](=O)[O-])ccc2NCCO)C1=O. The maximum absolute atomic E-state index is 12.3. The molecule has 1 fully saturated rings. The van der Waals surface area contributed by atoms with E-state index in [4.69, 9.17) is 5.11 Å². The number of nitro groups is 1. The lowest BCUT2D eigenvalue weighted by Gasteiger charge is -2.18. The molecule has 1 atom stereocenters. The van der Waals surface area contributed by atoms with Crippen molar-refractivity contribution in [3.8, 4) is 0 Å². The van der Waals surface area contributed by atoms with E-state index in [0.29, 0.717) is 37.4 Å². The highest BCUT2D eigenvalue weighted by Crippen LogP contribution is 2.29. The van der Waals surface area contributed by atoms with Gasteiger partial charge in [-0.25, -0.2) is 0 Å². The summed E-state index contributed by atoms with van der Waals surface area (Å²) in [4.78, 5) is 24.4. The van der Waals surface area contributed by atoms with E-state index in [2.05, 4.69) is 17.2 Å². The molecule has 1 aliphatic heterocycles. The van der Waals surface area contributed by atoms with E-state index < -0.39 is 11.0 Å². The fraction of sp³-hybridized carbons (Fsp3) is 0.400. The number of nitrogens with zero attached hydrogens (tertiary/aromatic N) is 2. The summed E-state index contributed by atoms with van der Waals surface area (Å²) < 4.78 is 0. The average molecular weight is 320 g/mol. The van der Waals surface area contributed by atoms with Gasteiger partial charge in [-0.3, -0.25) is 14.9 Å². The van der Waals surface area contributed by atoms with E-state index in [0.717, 1.165) is 0 Å². The summed E-state index contributed by atoms with van der Waals surface area (Å²) in [6, 6.07) is 3.91. The second-order valence-corrected chi connectivity index (χ2v) is 5.20. The molecule has 0 spiro atoms. The van der Waals surface area contributed by atoms with Crippen molar-refractivity contribution in [1.29, 1.82) is 0 Å². The molecule has 1 aromatic rings. The summed E-state index contributed by atoms with van der Waals surface area (Å²) in [7, 11) is 0. The number of aliphatic hydroxyl groups excluding tert-OH is 1. The fourth-order valence-electron chi connectivity index (χ4n) is 2.51. The Bertz CT molecular complexity index is 605. The number of carbonyl (C=O) groups is 1. The molecule has 1 unspecified atom stereocenters. The summed E-state index contributed by atoms with van der Waals surface area (Å²) in [6.07, 6.45) is 2.29. The number of hydrogen-bond acceptors (Lipinski definition) is 6. The van der Waals surface area contributed by atoms with Gasteiger partial charge in [-0.1, -0.05) is 6.08 Å². The van der Waals surface area contributed by atoms with Crippen molar-refractivity contribution < 1.29 is 14.8 Å². The molecule has 0 aliphatic carbocycles. The first-order valence-electron chi connectivity index (χ1n) is 7.36. The lowest BCUT2D eigenvalue weighted by atomic mass is 10.2. The zero-order valence-electron chi connectivity index (χ0n) is 12.7. The molecule has 0 saturated carbocycles. The molecule has 1 saturated heterocycles. The number of anilines is 2. The maximum atomic E-state index is 12.3. The van der Waals surface area contributed by atoms with Crippen molar-refractivity contribution in [1.82, 2.24) is 4.90 Å². The van der Waals surface area contributed by atoms with E-state index >= 15 is 0 Å². The summed E-state index contributed by atoms with van der Waals surface area (Å²) in [5, 5.41) is 25.9. The Morgan fingerprint density at radius 2 is 2.26 bits per heavy atom. The molecule has 0 radical (unpaired) electrons. The van der Waals surface area contributed by atoms with Crippen molar-refractivity contribution in [3.63, 3.8) is 0 Å². The number of non-ortho nitro benzene ring substituents is 1. The van der Waals surface area contributed by atoms with Crippen molar-refractivity contribution in [3.05, 3.63) is 41.0 Å². The van der Waals surface area contributed by atoms with Gasteiger partial charge in [-0.05, 0) is 12.5 Å². The van der Waals surface area contributed by atoms with Gasteiger partial charge in [-0.15, -0.1) is 6.58 Å². The number of carbonyl (C=O) groups excluding carboxylic acids is 1. The molecule has 1 aliphatic rings. The van der Waals surface area contributed by atoms with Crippen LogP contribution < -0.4 is 10.6 Å². The fourth-order valence-corrected chi connectivity index (χ4v) is 2.51. The van der Waals surface area contributed by atoms with E-state index in [1.807, 2.05) is 0 Å². The van der Waals surface area contributed by atoms with Crippen LogP contribution in [0.4, 0.5) is 17.1 Å². The number of nitrogens with one attached hydrogen (secondary N) is 2. The lowest BCUT2D eigenvalue weighted by molar-refractivity contribution is -0.384. The Morgan fingerprint density at radius 3 is 2.91 bits per heavy atom. The minimum absolute atomic E-state index is 0.0514. The first-order valence-corrected chi connectivity index (χ1v) is 7.36. The highest BCUT2D eigenvalue weighted by atomic mass is 16.6. The number of likely N-dealkylation sites (tertiary alicyclic amines) is 1. The Balaban J connectivity index is 2.19. The van der Waals surface area contributed by atoms with Crippen LogP contribution in [0.3, 0.4) is 0 Å². The molecule has 8 heteroatoms. The third-order valence-corrected chi connectivity index (χ3v) is 3.62. The molecule has 3 N–H and O–H groups in total. The van der Waals surface area contributed by atoms with Gasteiger partial charge in [-0.2, -0.15) is 0 Å². The summed E-state index contributed by atoms with van der Waals surface area (Å²) >= 11 is 0. The number of benzene rings is 1. The van der Waals surface area contributed by atoms with Gasteiger partial charge >= 0.3 is 0 Å². The number of hydrogen-bond donors (Lipinski definition) is 3. The molecule has 0 bridgehead atoms. The van der Waals surface area contributed by atoms with Gasteiger partial charge in [0.2, 0.25) is 5.91 Å². The third-order valence-electron chi connectivity index (χ3n) is 3.62. The standard InChI is InChI=1S/C15H20N4O4/c1-2-7-18-8-5-13(15(18)21)17-14-10-11(19(22)23)3-4-12(14)16-6-9-20/h2-4,10,13,16-17,20H,1,5-9H2. The molecule has 23 heavy (non-hydrogen) atoms. The number of rotatable bonds is 8. The van der Waals surface area contributed by atoms with Crippen LogP contribution in [-0.2, 0) is 4.79 Å². The average Bonchev–Trinajstić information content (AvgIpc) is 2.87. The second kappa shape index (κ2) is 7.59. The van der Waals surface area contributed by atoms with Crippen LogP contribution >= 0.6 is 0 Å². The van der Waals surface area contributed by atoms with Gasteiger partial charge < -0.3 is 20.6 Å². The predicted molar refractivity (Wildman–Crippen MR) is 87.5 cm³/mol. The van der Waals surface area contributed by atoms with Crippen LogP contribution in [0.25, 0.3) is 0 Å². The zero-order valence-corrected chi connectivity index (χ0v) is 12.7. The highest BCUT2D eigenvalue weighted by molar-refractivity contribution is 5.88. The predicted octanol–water partition coefficient (Wildman–Crippen LogP) is 1.20. The Kier molecular flexibility index (Phi) is 5.53. The van der Waals surface area contributed by atoms with E-state index in [-0.39, 0.29) is 18.2 Å². The smallest absolute Gasteiger partial charge is 0.271 e. The van der Waals surface area contributed by atoms with Crippen LogP contribution in [0.5, 0.6) is 0 Å². The maximum Gasteiger partial charge on any atom is 0.271 e. The highest BCUT2D eigenvalue weighted by Gasteiger charge is 2.31. The summed E-state index contributed by atoms with van der Waals surface area (Å²) in [5.41, 5.74) is 1.03. The second-order valence-electron chi connectivity index (χ2n) is 5.20. The normalized spacial score (nSPS) is 17.2. The molecular weight excluding hydrogens is 300 g/mol. The van der Waals surface area contributed by atoms with Crippen LogP contribution in [0.15, 0.2) is 30.9 Å². The molecule has 1 aromatic carbocycles. The first kappa shape index (κ1) is 16.8. The molecule has 124 valence electrons. The first-order chi connectivity index (χ1) is 11.1. The molecular formula is C15H20N4O4. The quantitative estimate of drug-likeness (QED) is 0.377. The topological polar surface area (TPSA) is 108 Å². The van der Waals surface area contributed by atoms with Crippen LogP contribution in [0.1, 0.15) is 6.42 Å². The van der Waals surface area contributed by atoms with E-state index in [9.17, 15) is 14.9 Å². The summed E-state index contributed by atoms with van der Waals surface area (Å²) in [6.45, 7) is 4.98. The number of amides is 1. The minimum Gasteiger partial charge on any atom is -0.395 e. The zero-order chi connectivity index (χ0) is 16.8. The molecule has 0 aromatic heterocycles. The van der Waals surface area contributed by atoms with Crippen molar-refractivity contribution in [2.24, 2.45) is 0 Å². The molecule has 8 nitrogen and oxygen atoms in total. The third kappa shape index (κ3) is 3.98. The van der Waals surface area contributed by atoms with E-state index in [1.54, 1.807) is 17.0 Å². The van der Waals surface area contributed by atoms with Crippen LogP contribution in [0.2, 0.25) is 0 Å². The van der Waals surface area contributed by atoms with Crippen molar-refractivity contribution in [2.75, 3.05) is 36.9 Å². The molecule has 1 heterocycles. The molecule has 2 rings (SSSR count). The Hall–Kier alpha value is -2.61. The van der Waals surface area contributed by atoms with E-state index in [1.165, 1.54) is 12.1 Å². The largest absolute Gasteiger partial charge is 0.395 e. The van der Waals surface area contributed by atoms with Crippen molar-refractivity contribution >= 4 is 23.0 Å². The van der Waals surface area contributed by atoms with Gasteiger partial charge in [0, 0.05) is 31.8 Å². The Labute approximate surface area is 133 Å². The van der Waals surface area contributed by atoms with Crippen LogP contribution in [0, 0.1) is 10.1 Å².